The van der Waals surface area contributed by atoms with Gasteiger partial charge in [0.05, 0.1) is 136 Å². The van der Waals surface area contributed by atoms with E-state index in [-0.39, 0.29) is 196 Å². The first kappa shape index (κ1) is 120. The van der Waals surface area contributed by atoms with Gasteiger partial charge in [-0.3, -0.25) is 38.4 Å². The highest BCUT2D eigenvalue weighted by Crippen LogP contribution is 2.36. The molecule has 3 aromatic carbocycles. The van der Waals surface area contributed by atoms with E-state index in [1.165, 1.54) is 4.68 Å². The van der Waals surface area contributed by atoms with Crippen LogP contribution < -0.4 is 30.2 Å². The number of hydrogen-bond acceptors (Lipinski definition) is 34. The Balaban J connectivity index is 0.657. The number of hydrogen-bond donors (Lipinski definition) is 10. The van der Waals surface area contributed by atoms with E-state index in [2.05, 4.69) is 46.9 Å². The van der Waals surface area contributed by atoms with Gasteiger partial charge in [-0.2, -0.15) is 0 Å². The first-order chi connectivity index (χ1) is 71.6. The van der Waals surface area contributed by atoms with Crippen molar-refractivity contribution in [1.82, 2.24) is 65.8 Å². The van der Waals surface area contributed by atoms with Gasteiger partial charge in [0, 0.05) is 170 Å². The summed E-state index contributed by atoms with van der Waals surface area (Å²) in [7, 11) is 6.33. The zero-order valence-electron chi connectivity index (χ0n) is 87.5. The van der Waals surface area contributed by atoms with Crippen LogP contribution in [0.25, 0.3) is 33.8 Å². The number of carbonyl (C=O) groups excluding carboxylic acids is 8. The molecule has 0 aliphatic carbocycles. The molecule has 4 aliphatic heterocycles. The highest BCUT2D eigenvalue weighted by molar-refractivity contribution is 5.81. The third-order valence-electron chi connectivity index (χ3n) is 27.7. The monoisotopic (exact) mass is 2080 g/mol. The number of amides is 4. The summed E-state index contributed by atoms with van der Waals surface area (Å²) in [5, 5.41) is 110. The molecule has 3 aromatic heterocycles. The van der Waals surface area contributed by atoms with Gasteiger partial charge >= 0.3 is 0 Å². The lowest BCUT2D eigenvalue weighted by atomic mass is 9.83. The molecule has 18 atom stereocenters. The Morgan fingerprint density at radius 1 is 0.378 bits per heavy atom. The van der Waals surface area contributed by atoms with E-state index >= 15 is 0 Å². The first-order valence-electron chi connectivity index (χ1n) is 53.2. The molecule has 41 nitrogen and oxygen atoms in total. The van der Waals surface area contributed by atoms with Gasteiger partial charge in [-0.1, -0.05) is 118 Å². The second-order valence-electron chi connectivity index (χ2n) is 39.8. The van der Waals surface area contributed by atoms with Crippen molar-refractivity contribution in [2.75, 3.05) is 121 Å². The van der Waals surface area contributed by atoms with Crippen molar-refractivity contribution in [2.45, 2.75) is 338 Å². The summed E-state index contributed by atoms with van der Waals surface area (Å²) in [6.07, 6.45) is 8.96. The average Bonchev–Trinajstić information content (AvgIpc) is 1.24. The fourth-order valence-electron chi connectivity index (χ4n) is 18.7. The number of β-amino-alcohol motifs (C(OH)–C–C–N with tert-alkyl or cyclic N) is 1. The van der Waals surface area contributed by atoms with E-state index < -0.39 is 103 Å². The number of rotatable bonds is 75. The Hall–Kier alpha value is -9.64. The number of unbranched alkanes of at least 4 members (excludes halogenated alkanes) is 13. The Kier molecular flexibility index (Phi) is 53.3. The highest BCUT2D eigenvalue weighted by atomic mass is 16.7. The standard InChI is InChI=1S/C107H163N13O28/c1-73-98(130)101(133)91(66-117-63-88(111-114-117)76-31-27-39-85(57-76)137-5)146-104(73)143-51-24-20-37-80(121)34-16-14-17-35-81(122)45-54-140-70-107(61-83(124)38-15-12-10-8-9-11-13-18-44-97(129)120-62-84(125)60-79(120)69-136-4,71-141-55-46-82(123)36-19-23-48-108-94(126)42-21-25-52-144-105-74(2)99(131)102(134)92(147-105)67-118-64-89(112-115-118)77-32-28-40-86(58-77)138-6)72-142-56-47-96(128)110-50-30-49-109-95(127)43-22-26-53-145-106-75(3)100(132)103(135)93(148-106)68-119-65-90(113-116-119)78-33-29-41-87(59-78)139-7/h27-29,31-33,39-41,57-59,63-65,73-75,79,84,91-93,98-106,125,130-135H,8-26,30,34-38,42-56,60-62,66-72H2,1-7H3,(H,108,126)(H,109,127)(H,110,128)/t73?,74?,75?,79-,84+,91?,92?,93?,98?,99?,100?,101?,102?,103?,104?,105?,106?,107?/m0/s1. The minimum atomic E-state index is -1.21. The number of carbonyl (C=O) groups is 8. The summed E-state index contributed by atoms with van der Waals surface area (Å²) in [6.45, 7) is 7.73. The van der Waals surface area contributed by atoms with Gasteiger partial charge in [-0.15, -0.1) is 15.3 Å². The SMILES string of the molecule is COC[C@@H]1C[C@@H](O)CN1C(=O)CCCCCCCCCCC(=O)CC(COCCC(=O)CCCCCC(=O)CCCCOC1OC(Cn2cc(-c3cccc(OC)c3)nn2)C(O)C(O)C1C)(COCCC(=O)CCCCNC(=O)CCCCOC1OC(Cn2cc(-c3cccc(OC)c3)nn2)C(O)C(O)C1C)COCCC(=O)NCCCNC(=O)CCCCOC1OC(Cn2cc(-c3cccc(OC)c3)nn2)C(O)C(O)C1C. The predicted molar refractivity (Wildman–Crippen MR) is 543 cm³/mol. The molecular weight excluding hydrogens is 1920 g/mol. The number of nitrogens with zero attached hydrogens (tertiary/aromatic N) is 10. The third kappa shape index (κ3) is 41.2. The molecule has 148 heavy (non-hydrogen) atoms. The van der Waals surface area contributed by atoms with Gasteiger partial charge in [0.15, 0.2) is 18.9 Å². The molecule has 10 N–H and O–H groups in total. The van der Waals surface area contributed by atoms with Gasteiger partial charge in [-0.05, 0) is 126 Å². The molecule has 0 radical (unpaired) electrons. The summed E-state index contributed by atoms with van der Waals surface area (Å²) in [6, 6.07) is 22.0. The average molecular weight is 2080 g/mol. The molecule has 4 aliphatic rings. The van der Waals surface area contributed by atoms with Crippen molar-refractivity contribution < 1.29 is 136 Å². The summed E-state index contributed by atoms with van der Waals surface area (Å²) in [5.41, 5.74) is 3.05. The van der Waals surface area contributed by atoms with Crippen molar-refractivity contribution in [3.05, 3.63) is 91.4 Å². The maximum atomic E-state index is 14.4. The van der Waals surface area contributed by atoms with Crippen LogP contribution in [0.1, 0.15) is 233 Å². The summed E-state index contributed by atoms with van der Waals surface area (Å²) >= 11 is 0. The van der Waals surface area contributed by atoms with Gasteiger partial charge in [-0.25, -0.2) is 14.0 Å². The van der Waals surface area contributed by atoms with Gasteiger partial charge < -0.3 is 118 Å². The number of benzene rings is 3. The molecule has 4 fully saturated rings. The normalized spacial score (nSPS) is 22.9. The molecule has 7 heterocycles. The van der Waals surface area contributed by atoms with E-state index in [4.69, 9.17) is 61.6 Å². The number of ketones is 4. The molecule has 10 rings (SSSR count). The van der Waals surface area contributed by atoms with Crippen molar-refractivity contribution in [3.8, 4) is 51.0 Å². The Morgan fingerprint density at radius 2 is 0.709 bits per heavy atom. The van der Waals surface area contributed by atoms with Crippen LogP contribution in [0, 0.1) is 23.2 Å². The van der Waals surface area contributed by atoms with Crippen molar-refractivity contribution in [1.29, 1.82) is 0 Å². The van der Waals surface area contributed by atoms with Gasteiger partial charge in [0.25, 0.3) is 0 Å². The fraction of sp³-hybridized carbons (Fsp3) is 0.701. The molecule has 0 bridgehead atoms. The largest absolute Gasteiger partial charge is 0.497 e. The van der Waals surface area contributed by atoms with E-state index in [0.29, 0.717) is 170 Å². The zero-order valence-corrected chi connectivity index (χ0v) is 87.5. The first-order valence-corrected chi connectivity index (χ1v) is 53.2. The molecule has 4 amide bonds. The number of aliphatic hydroxyl groups is 7. The lowest BCUT2D eigenvalue weighted by Gasteiger charge is -2.41. The van der Waals surface area contributed by atoms with Crippen LogP contribution in [0.15, 0.2) is 91.4 Å². The fourth-order valence-corrected chi connectivity index (χ4v) is 18.7. The quantitative estimate of drug-likeness (QED) is 0.0159. The molecule has 0 spiro atoms. The minimum absolute atomic E-state index is 0.0142. The topological polar surface area (TPSA) is 530 Å². The van der Waals surface area contributed by atoms with E-state index in [9.17, 15) is 74.1 Å². The second kappa shape index (κ2) is 65.6. The number of Topliss-reactive ketones (excluding diaryl/α,β-unsaturated/α-hetero) is 4. The van der Waals surface area contributed by atoms with Crippen LogP contribution in [0.2, 0.25) is 0 Å². The molecule has 824 valence electrons. The summed E-state index contributed by atoms with van der Waals surface area (Å²) in [5.74, 6) is -0.291. The van der Waals surface area contributed by atoms with Crippen LogP contribution >= 0.6 is 0 Å². The molecule has 41 heteroatoms. The lowest BCUT2D eigenvalue weighted by Crippen LogP contribution is -2.55. The maximum Gasteiger partial charge on any atom is 0.222 e. The number of likely N-dealkylation sites (tertiary alicyclic amines) is 1. The van der Waals surface area contributed by atoms with Gasteiger partial charge in [0.2, 0.25) is 23.6 Å². The van der Waals surface area contributed by atoms with Crippen LogP contribution in [-0.2, 0) is 105 Å². The number of aliphatic hydroxyl groups excluding tert-OH is 7. The third-order valence-corrected chi connectivity index (χ3v) is 27.7. The maximum absolute atomic E-state index is 14.4. The van der Waals surface area contributed by atoms with Crippen LogP contribution in [0.4, 0.5) is 0 Å². The van der Waals surface area contributed by atoms with E-state index in [1.54, 1.807) is 82.1 Å². The number of methoxy groups -OCH3 is 4. The van der Waals surface area contributed by atoms with E-state index in [0.717, 1.165) is 61.6 Å². The molecule has 4 saturated heterocycles. The van der Waals surface area contributed by atoms with Crippen molar-refractivity contribution in [3.63, 3.8) is 0 Å². The Morgan fingerprint density at radius 3 is 1.10 bits per heavy atom. The van der Waals surface area contributed by atoms with E-state index in [1.807, 2.05) is 72.8 Å². The zero-order chi connectivity index (χ0) is 106. The lowest BCUT2D eigenvalue weighted by molar-refractivity contribution is -0.280. The molecule has 0 saturated carbocycles. The van der Waals surface area contributed by atoms with Gasteiger partial charge in [0.1, 0.15) is 94.1 Å². The van der Waals surface area contributed by atoms with Crippen molar-refractivity contribution in [2.24, 2.45) is 23.2 Å². The predicted octanol–water partition coefficient (Wildman–Crippen LogP) is 8.94. The Labute approximate surface area is 868 Å². The molecule has 16 unspecified atom stereocenters. The van der Waals surface area contributed by atoms with Crippen LogP contribution in [0.5, 0.6) is 17.2 Å². The number of ether oxygens (including phenoxy) is 13. The minimum Gasteiger partial charge on any atom is -0.497 e. The molecule has 6 aromatic rings. The van der Waals surface area contributed by atoms with Crippen molar-refractivity contribution >= 4 is 46.8 Å². The molecular formula is C107H163N13O28. The second-order valence-corrected chi connectivity index (χ2v) is 39.8. The summed E-state index contributed by atoms with van der Waals surface area (Å²) in [4.78, 5) is 108. The number of nitrogens with one attached hydrogen (secondary N) is 3. The number of aromatic nitrogens is 9. The summed E-state index contributed by atoms with van der Waals surface area (Å²) < 4.78 is 81.7. The van der Waals surface area contributed by atoms with Crippen LogP contribution in [0.3, 0.4) is 0 Å². The highest BCUT2D eigenvalue weighted by Gasteiger charge is 2.47. The Bertz CT molecular complexity index is 4500. The smallest absolute Gasteiger partial charge is 0.222 e. The van der Waals surface area contributed by atoms with Crippen LogP contribution in [-0.4, -0.2) is 339 Å².